The van der Waals surface area contributed by atoms with Crippen LogP contribution in [0.1, 0.15) is 69.1 Å². The van der Waals surface area contributed by atoms with E-state index in [1.807, 2.05) is 31.4 Å². The molecule has 0 spiro atoms. The number of hydrogen-bond donors (Lipinski definition) is 0. The Bertz CT molecular complexity index is 1060. The molecule has 3 aliphatic carbocycles. The molecule has 2 fully saturated rings. The van der Waals surface area contributed by atoms with Crippen LogP contribution in [0.15, 0.2) is 60.4 Å². The summed E-state index contributed by atoms with van der Waals surface area (Å²) in [6, 6.07) is 17.0. The summed E-state index contributed by atoms with van der Waals surface area (Å²) in [6.45, 7) is 7.08. The monoisotopic (exact) mass is 460 g/mol. The minimum absolute atomic E-state index is 0.0218. The fourth-order valence-electron chi connectivity index (χ4n) is 6.91. The zero-order valence-corrected chi connectivity index (χ0v) is 20.6. The third kappa shape index (κ3) is 4.23. The number of fused-ring (bicyclic) bond motifs is 5. The number of esters is 1. The number of rotatable bonds is 6. The molecule has 4 nitrogen and oxygen atoms in total. The molecule has 2 aromatic rings. The summed E-state index contributed by atoms with van der Waals surface area (Å²) in [6.07, 6.45) is 7.12. The summed E-state index contributed by atoms with van der Waals surface area (Å²) < 4.78 is 17.7. The number of aryl methyl sites for hydroxylation is 1. The van der Waals surface area contributed by atoms with Crippen molar-refractivity contribution in [1.29, 1.82) is 0 Å². The number of ether oxygens (including phenoxy) is 3. The first-order valence-electron chi connectivity index (χ1n) is 12.8. The van der Waals surface area contributed by atoms with Gasteiger partial charge in [-0.05, 0) is 85.6 Å². The molecule has 2 saturated carbocycles. The summed E-state index contributed by atoms with van der Waals surface area (Å²) in [5, 5.41) is 0. The fraction of sp³-hybridized carbons (Fsp3) is 0.500. The predicted molar refractivity (Wildman–Crippen MR) is 132 cm³/mol. The van der Waals surface area contributed by atoms with Crippen molar-refractivity contribution in [2.24, 2.45) is 17.3 Å². The van der Waals surface area contributed by atoms with Crippen LogP contribution in [0.5, 0.6) is 5.75 Å². The largest absolute Gasteiger partial charge is 0.501 e. The molecule has 0 amide bonds. The van der Waals surface area contributed by atoms with E-state index in [0.717, 1.165) is 37.0 Å². The second-order valence-electron chi connectivity index (χ2n) is 10.4. The van der Waals surface area contributed by atoms with Gasteiger partial charge in [0.25, 0.3) is 0 Å². The lowest BCUT2D eigenvalue weighted by atomic mass is 9.55. The molecule has 180 valence electrons. The van der Waals surface area contributed by atoms with Crippen LogP contribution >= 0.6 is 0 Å². The van der Waals surface area contributed by atoms with Crippen LogP contribution in [0.25, 0.3) is 0 Å². The second kappa shape index (κ2) is 9.48. The fourth-order valence-corrected chi connectivity index (χ4v) is 6.91. The van der Waals surface area contributed by atoms with Crippen LogP contribution in [0.4, 0.5) is 0 Å². The molecular formula is C30H36O4. The molecule has 0 saturated heterocycles. The SMILES string of the molecule is CCOC=C1C[C@H]2[C@@H]3CCc4cc(OCc5ccccc5)ccc4[C@H]3CC[C@]2(C)[C@H]1OC(C)=O. The molecule has 5 rings (SSSR count). The Morgan fingerprint density at radius 2 is 1.97 bits per heavy atom. The number of hydrogen-bond acceptors (Lipinski definition) is 4. The maximum Gasteiger partial charge on any atom is 0.303 e. The lowest BCUT2D eigenvalue weighted by molar-refractivity contribution is -0.152. The zero-order chi connectivity index (χ0) is 23.7. The Balaban J connectivity index is 1.36. The molecule has 3 aliphatic rings. The van der Waals surface area contributed by atoms with Crippen molar-refractivity contribution in [3.05, 3.63) is 77.1 Å². The van der Waals surface area contributed by atoms with Gasteiger partial charge in [0.1, 0.15) is 18.5 Å². The predicted octanol–water partition coefficient (Wildman–Crippen LogP) is 6.58. The van der Waals surface area contributed by atoms with Gasteiger partial charge < -0.3 is 14.2 Å². The lowest BCUT2D eigenvalue weighted by Gasteiger charge is -2.50. The van der Waals surface area contributed by atoms with E-state index in [1.165, 1.54) is 30.0 Å². The minimum Gasteiger partial charge on any atom is -0.501 e. The number of carbonyl (C=O) groups is 1. The first kappa shape index (κ1) is 23.0. The van der Waals surface area contributed by atoms with Crippen molar-refractivity contribution < 1.29 is 19.0 Å². The van der Waals surface area contributed by atoms with Crippen molar-refractivity contribution in [2.45, 2.75) is 71.5 Å². The highest BCUT2D eigenvalue weighted by Gasteiger charge is 2.58. The van der Waals surface area contributed by atoms with E-state index in [0.29, 0.717) is 31.0 Å². The Labute approximate surface area is 203 Å². The molecule has 0 radical (unpaired) electrons. The van der Waals surface area contributed by atoms with Crippen molar-refractivity contribution in [3.63, 3.8) is 0 Å². The van der Waals surface area contributed by atoms with Gasteiger partial charge in [0.15, 0.2) is 0 Å². The summed E-state index contributed by atoms with van der Waals surface area (Å²) in [5.74, 6) is 2.43. The van der Waals surface area contributed by atoms with E-state index in [4.69, 9.17) is 14.2 Å². The molecule has 0 N–H and O–H groups in total. The highest BCUT2D eigenvalue weighted by atomic mass is 16.5. The van der Waals surface area contributed by atoms with Crippen LogP contribution < -0.4 is 4.74 Å². The molecule has 0 unspecified atom stereocenters. The van der Waals surface area contributed by atoms with Crippen molar-refractivity contribution in [3.8, 4) is 5.75 Å². The lowest BCUT2D eigenvalue weighted by Crippen LogP contribution is -2.45. The van der Waals surface area contributed by atoms with Crippen molar-refractivity contribution >= 4 is 5.97 Å². The first-order valence-corrected chi connectivity index (χ1v) is 12.8. The van der Waals surface area contributed by atoms with Gasteiger partial charge in [-0.2, -0.15) is 0 Å². The Hall–Kier alpha value is -2.75. The average molecular weight is 461 g/mol. The highest BCUT2D eigenvalue weighted by Crippen LogP contribution is 2.63. The van der Waals surface area contributed by atoms with Crippen LogP contribution in [0.2, 0.25) is 0 Å². The number of benzene rings is 2. The van der Waals surface area contributed by atoms with E-state index in [1.54, 1.807) is 0 Å². The van der Waals surface area contributed by atoms with E-state index < -0.39 is 0 Å². The Morgan fingerprint density at radius 1 is 1.15 bits per heavy atom. The number of carbonyl (C=O) groups excluding carboxylic acids is 1. The summed E-state index contributed by atoms with van der Waals surface area (Å²) in [4.78, 5) is 12.0. The third-order valence-corrected chi connectivity index (χ3v) is 8.46. The molecule has 0 heterocycles. The van der Waals surface area contributed by atoms with Gasteiger partial charge in [-0.15, -0.1) is 0 Å². The first-order chi connectivity index (χ1) is 16.5. The van der Waals surface area contributed by atoms with Crippen LogP contribution in [-0.4, -0.2) is 18.7 Å². The maximum absolute atomic E-state index is 12.0. The van der Waals surface area contributed by atoms with Crippen LogP contribution in [0, 0.1) is 17.3 Å². The minimum atomic E-state index is -0.201. The van der Waals surface area contributed by atoms with E-state index >= 15 is 0 Å². The topological polar surface area (TPSA) is 44.8 Å². The quantitative estimate of drug-likeness (QED) is 0.361. The molecule has 0 aromatic heterocycles. The van der Waals surface area contributed by atoms with E-state index in [-0.39, 0.29) is 17.5 Å². The van der Waals surface area contributed by atoms with Gasteiger partial charge in [0.2, 0.25) is 0 Å². The van der Waals surface area contributed by atoms with E-state index in [9.17, 15) is 4.79 Å². The maximum atomic E-state index is 12.0. The molecule has 0 aliphatic heterocycles. The van der Waals surface area contributed by atoms with Gasteiger partial charge >= 0.3 is 5.97 Å². The average Bonchev–Trinajstić information content (AvgIpc) is 3.12. The van der Waals surface area contributed by atoms with E-state index in [2.05, 4.69) is 37.3 Å². The van der Waals surface area contributed by atoms with Crippen LogP contribution in [-0.2, 0) is 27.3 Å². The summed E-state index contributed by atoms with van der Waals surface area (Å²) in [7, 11) is 0. The van der Waals surface area contributed by atoms with Gasteiger partial charge in [-0.3, -0.25) is 4.79 Å². The van der Waals surface area contributed by atoms with Gasteiger partial charge in [-0.1, -0.05) is 43.3 Å². The summed E-state index contributed by atoms with van der Waals surface area (Å²) in [5.41, 5.74) is 5.25. The smallest absolute Gasteiger partial charge is 0.303 e. The Kier molecular flexibility index (Phi) is 6.42. The van der Waals surface area contributed by atoms with Gasteiger partial charge in [0, 0.05) is 17.9 Å². The molecule has 2 aromatic carbocycles. The highest BCUT2D eigenvalue weighted by molar-refractivity contribution is 5.66. The normalized spacial score (nSPS) is 30.7. The standard InChI is InChI=1S/C30H36O4/c1-4-32-19-23-17-28-27-12-10-22-16-24(33-18-21-8-6-5-7-9-21)11-13-25(22)26(27)14-15-30(28,3)29(23)34-20(2)31/h5-9,11,13,16,19,26-29H,4,10,12,14-15,17-18H2,1-3H3/t26-,27-,28+,29+,30+/m1/s1. The van der Waals surface area contributed by atoms with Gasteiger partial charge in [0.05, 0.1) is 12.9 Å². The van der Waals surface area contributed by atoms with Crippen LogP contribution in [0.3, 0.4) is 0 Å². The Morgan fingerprint density at radius 3 is 2.74 bits per heavy atom. The molecular weight excluding hydrogens is 424 g/mol. The van der Waals surface area contributed by atoms with Crippen molar-refractivity contribution in [1.82, 2.24) is 0 Å². The third-order valence-electron chi connectivity index (χ3n) is 8.46. The second-order valence-corrected chi connectivity index (χ2v) is 10.4. The molecule has 34 heavy (non-hydrogen) atoms. The molecule has 0 bridgehead atoms. The summed E-state index contributed by atoms with van der Waals surface area (Å²) >= 11 is 0. The van der Waals surface area contributed by atoms with Crippen molar-refractivity contribution in [2.75, 3.05) is 6.61 Å². The molecule has 5 atom stereocenters. The molecule has 4 heteroatoms. The zero-order valence-electron chi connectivity index (χ0n) is 20.6. The van der Waals surface area contributed by atoms with Gasteiger partial charge in [-0.25, -0.2) is 0 Å².